The maximum absolute atomic E-state index is 5.42. The summed E-state index contributed by atoms with van der Waals surface area (Å²) in [5, 5.41) is 0. The standard InChI is InChI=1S/C15H21BrO/c1-2-3-12-4-6-13(7-5-12)15(16)14-8-10-17-11-9-14/h4-7,14-15H,2-3,8-11H2,1H3. The van der Waals surface area contributed by atoms with Crippen molar-refractivity contribution >= 4 is 15.9 Å². The van der Waals surface area contributed by atoms with Gasteiger partial charge in [0.2, 0.25) is 0 Å². The van der Waals surface area contributed by atoms with Crippen molar-refractivity contribution < 1.29 is 4.74 Å². The number of ether oxygens (including phenoxy) is 1. The lowest BCUT2D eigenvalue weighted by atomic mass is 9.92. The minimum absolute atomic E-state index is 0.488. The van der Waals surface area contributed by atoms with Crippen molar-refractivity contribution in [3.63, 3.8) is 0 Å². The van der Waals surface area contributed by atoms with Crippen LogP contribution in [0.3, 0.4) is 0 Å². The molecule has 0 radical (unpaired) electrons. The average molecular weight is 297 g/mol. The Morgan fingerprint density at radius 3 is 2.47 bits per heavy atom. The van der Waals surface area contributed by atoms with E-state index in [4.69, 9.17) is 4.74 Å². The second kappa shape index (κ2) is 6.55. The Labute approximate surface area is 113 Å². The Hall–Kier alpha value is -0.340. The van der Waals surface area contributed by atoms with Crippen molar-refractivity contribution in [1.82, 2.24) is 0 Å². The smallest absolute Gasteiger partial charge is 0.0469 e. The van der Waals surface area contributed by atoms with E-state index in [2.05, 4.69) is 47.1 Å². The minimum Gasteiger partial charge on any atom is -0.381 e. The lowest BCUT2D eigenvalue weighted by Crippen LogP contribution is -2.19. The van der Waals surface area contributed by atoms with Crippen LogP contribution in [0.2, 0.25) is 0 Å². The summed E-state index contributed by atoms with van der Waals surface area (Å²) in [6, 6.07) is 9.10. The number of hydrogen-bond donors (Lipinski definition) is 0. The zero-order valence-corrected chi connectivity index (χ0v) is 12.1. The van der Waals surface area contributed by atoms with Gasteiger partial charge in [-0.05, 0) is 36.3 Å². The van der Waals surface area contributed by atoms with Gasteiger partial charge in [-0.25, -0.2) is 0 Å². The second-order valence-electron chi connectivity index (χ2n) is 4.84. The Morgan fingerprint density at radius 1 is 1.24 bits per heavy atom. The van der Waals surface area contributed by atoms with Gasteiger partial charge in [0.05, 0.1) is 0 Å². The summed E-state index contributed by atoms with van der Waals surface area (Å²) in [7, 11) is 0. The van der Waals surface area contributed by atoms with Crippen LogP contribution in [0, 0.1) is 5.92 Å². The molecule has 1 nitrogen and oxygen atoms in total. The van der Waals surface area contributed by atoms with Crippen LogP contribution >= 0.6 is 15.9 Å². The van der Waals surface area contributed by atoms with Gasteiger partial charge in [0.1, 0.15) is 0 Å². The lowest BCUT2D eigenvalue weighted by molar-refractivity contribution is 0.0662. The molecule has 0 amide bonds. The first-order chi connectivity index (χ1) is 8.31. The Morgan fingerprint density at radius 2 is 1.88 bits per heavy atom. The summed E-state index contributed by atoms with van der Waals surface area (Å²) in [4.78, 5) is 0.488. The molecule has 1 saturated heterocycles. The summed E-state index contributed by atoms with van der Waals surface area (Å²) >= 11 is 3.86. The van der Waals surface area contributed by atoms with Crippen LogP contribution in [0.4, 0.5) is 0 Å². The topological polar surface area (TPSA) is 9.23 Å². The molecule has 1 aliphatic rings. The van der Waals surface area contributed by atoms with E-state index in [1.807, 2.05) is 0 Å². The maximum Gasteiger partial charge on any atom is 0.0469 e. The van der Waals surface area contributed by atoms with Gasteiger partial charge in [0, 0.05) is 18.0 Å². The van der Waals surface area contributed by atoms with Crippen molar-refractivity contribution in [2.24, 2.45) is 5.92 Å². The molecule has 94 valence electrons. The molecule has 2 heteroatoms. The fourth-order valence-electron chi connectivity index (χ4n) is 2.44. The van der Waals surface area contributed by atoms with Crippen molar-refractivity contribution in [1.29, 1.82) is 0 Å². The summed E-state index contributed by atoms with van der Waals surface area (Å²) in [5.74, 6) is 0.723. The van der Waals surface area contributed by atoms with E-state index in [0.29, 0.717) is 4.83 Å². The SMILES string of the molecule is CCCc1ccc(C(Br)C2CCOCC2)cc1. The van der Waals surface area contributed by atoms with E-state index in [9.17, 15) is 0 Å². The quantitative estimate of drug-likeness (QED) is 0.743. The highest BCUT2D eigenvalue weighted by Crippen LogP contribution is 2.36. The Bertz CT molecular complexity index is 327. The molecule has 0 aliphatic carbocycles. The van der Waals surface area contributed by atoms with Gasteiger partial charge in [-0.15, -0.1) is 0 Å². The van der Waals surface area contributed by atoms with Crippen LogP contribution in [0.25, 0.3) is 0 Å². The monoisotopic (exact) mass is 296 g/mol. The maximum atomic E-state index is 5.42. The summed E-state index contributed by atoms with van der Waals surface area (Å²) in [6.07, 6.45) is 4.75. The Kier molecular flexibility index (Phi) is 5.05. The summed E-state index contributed by atoms with van der Waals surface area (Å²) in [6.45, 7) is 4.06. The number of benzene rings is 1. The number of halogens is 1. The van der Waals surface area contributed by atoms with Crippen molar-refractivity contribution in [2.75, 3.05) is 13.2 Å². The van der Waals surface area contributed by atoms with Crippen LogP contribution < -0.4 is 0 Å². The van der Waals surface area contributed by atoms with Crippen molar-refractivity contribution in [3.8, 4) is 0 Å². The molecule has 1 aromatic rings. The van der Waals surface area contributed by atoms with Gasteiger partial charge in [-0.3, -0.25) is 0 Å². The van der Waals surface area contributed by atoms with E-state index in [1.54, 1.807) is 0 Å². The molecular formula is C15H21BrO. The third-order valence-corrected chi connectivity index (χ3v) is 4.79. The average Bonchev–Trinajstić information content (AvgIpc) is 2.40. The predicted molar refractivity (Wildman–Crippen MR) is 75.6 cm³/mol. The molecule has 1 aromatic carbocycles. The lowest BCUT2D eigenvalue weighted by Gasteiger charge is -2.26. The fourth-order valence-corrected chi connectivity index (χ4v) is 3.27. The first-order valence-electron chi connectivity index (χ1n) is 6.62. The van der Waals surface area contributed by atoms with Gasteiger partial charge in [0.25, 0.3) is 0 Å². The highest BCUT2D eigenvalue weighted by molar-refractivity contribution is 9.09. The number of alkyl halides is 1. The zero-order valence-electron chi connectivity index (χ0n) is 10.5. The van der Waals surface area contributed by atoms with E-state index >= 15 is 0 Å². The molecule has 0 spiro atoms. The molecule has 0 aromatic heterocycles. The van der Waals surface area contributed by atoms with Crippen molar-refractivity contribution in [2.45, 2.75) is 37.4 Å². The molecule has 1 heterocycles. The van der Waals surface area contributed by atoms with E-state index in [-0.39, 0.29) is 0 Å². The van der Waals surface area contributed by atoms with E-state index in [0.717, 1.165) is 19.1 Å². The first-order valence-corrected chi connectivity index (χ1v) is 7.53. The molecule has 1 atom stereocenters. The fraction of sp³-hybridized carbons (Fsp3) is 0.600. The molecule has 1 fully saturated rings. The molecule has 0 N–H and O–H groups in total. The van der Waals surface area contributed by atoms with Gasteiger partial charge in [-0.1, -0.05) is 53.5 Å². The van der Waals surface area contributed by atoms with Gasteiger partial charge in [-0.2, -0.15) is 0 Å². The van der Waals surface area contributed by atoms with Crippen LogP contribution in [-0.4, -0.2) is 13.2 Å². The third kappa shape index (κ3) is 3.56. The summed E-state index contributed by atoms with van der Waals surface area (Å²) in [5.41, 5.74) is 2.86. The van der Waals surface area contributed by atoms with Crippen LogP contribution in [-0.2, 0) is 11.2 Å². The molecule has 1 unspecified atom stereocenters. The van der Waals surface area contributed by atoms with Crippen LogP contribution in [0.15, 0.2) is 24.3 Å². The first kappa shape index (κ1) is 13.1. The molecular weight excluding hydrogens is 276 g/mol. The number of aryl methyl sites for hydroxylation is 1. The van der Waals surface area contributed by atoms with E-state index in [1.165, 1.54) is 36.8 Å². The number of hydrogen-bond acceptors (Lipinski definition) is 1. The molecule has 0 bridgehead atoms. The van der Waals surface area contributed by atoms with Gasteiger partial charge in [0.15, 0.2) is 0 Å². The summed E-state index contributed by atoms with van der Waals surface area (Å²) < 4.78 is 5.42. The van der Waals surface area contributed by atoms with Crippen LogP contribution in [0.1, 0.15) is 42.1 Å². The highest BCUT2D eigenvalue weighted by atomic mass is 79.9. The number of rotatable bonds is 4. The minimum atomic E-state index is 0.488. The molecule has 17 heavy (non-hydrogen) atoms. The normalized spacial score (nSPS) is 19.2. The predicted octanol–water partition coefficient (Wildman–Crippen LogP) is 4.50. The zero-order chi connectivity index (χ0) is 12.1. The molecule has 2 rings (SSSR count). The molecule has 1 aliphatic heterocycles. The van der Waals surface area contributed by atoms with E-state index < -0.39 is 0 Å². The highest BCUT2D eigenvalue weighted by Gasteiger charge is 2.22. The third-order valence-electron chi connectivity index (χ3n) is 3.52. The second-order valence-corrected chi connectivity index (χ2v) is 5.83. The Balaban J connectivity index is 2.00. The van der Waals surface area contributed by atoms with Gasteiger partial charge >= 0.3 is 0 Å². The van der Waals surface area contributed by atoms with Gasteiger partial charge < -0.3 is 4.74 Å². The molecule has 0 saturated carbocycles. The largest absolute Gasteiger partial charge is 0.381 e. The van der Waals surface area contributed by atoms with Crippen molar-refractivity contribution in [3.05, 3.63) is 35.4 Å². The van der Waals surface area contributed by atoms with Crippen LogP contribution in [0.5, 0.6) is 0 Å².